The number of hydrogen-bond acceptors (Lipinski definition) is 4. The Labute approximate surface area is 127 Å². The lowest BCUT2D eigenvalue weighted by atomic mass is 9.92. The highest BCUT2D eigenvalue weighted by Gasteiger charge is 2.21. The van der Waals surface area contributed by atoms with Crippen LogP contribution in [-0.4, -0.2) is 33.7 Å². The average Bonchev–Trinajstić information content (AvgIpc) is 2.83. The molecule has 0 spiro atoms. The molecule has 0 bridgehead atoms. The number of hydrogen-bond donors (Lipinski definition) is 1. The summed E-state index contributed by atoms with van der Waals surface area (Å²) in [6, 6.07) is 2.53. The maximum absolute atomic E-state index is 5.66. The minimum absolute atomic E-state index is 0.0310. The summed E-state index contributed by atoms with van der Waals surface area (Å²) in [6.45, 7) is 12.5. The van der Waals surface area contributed by atoms with Gasteiger partial charge in [0.2, 0.25) is 0 Å². The van der Waals surface area contributed by atoms with Gasteiger partial charge in [0.1, 0.15) is 5.52 Å². The van der Waals surface area contributed by atoms with Crippen LogP contribution in [0.2, 0.25) is 0 Å². The van der Waals surface area contributed by atoms with Gasteiger partial charge in [-0.05, 0) is 32.9 Å². The Kier molecular flexibility index (Phi) is 4.52. The van der Waals surface area contributed by atoms with Gasteiger partial charge in [-0.2, -0.15) is 5.10 Å². The predicted molar refractivity (Wildman–Crippen MR) is 87.8 cm³/mol. The second-order valence-electron chi connectivity index (χ2n) is 6.79. The highest BCUT2D eigenvalue weighted by Crippen LogP contribution is 2.27. The largest absolute Gasteiger partial charge is 0.352 e. The van der Waals surface area contributed by atoms with Crippen molar-refractivity contribution in [1.29, 1.82) is 0 Å². The standard InChI is InChI=1S/C16H27N5/c1-12(2)20(9-6-7-17)15-13-11-14(16(3,4)5)19-21(13)10-8-18-15/h8,10-12H,6-7,9,17H2,1-5H3. The minimum atomic E-state index is 0.0310. The summed E-state index contributed by atoms with van der Waals surface area (Å²) in [6.07, 6.45) is 4.69. The summed E-state index contributed by atoms with van der Waals surface area (Å²) < 4.78 is 1.93. The summed E-state index contributed by atoms with van der Waals surface area (Å²) in [5.74, 6) is 0.990. The number of rotatable bonds is 5. The summed E-state index contributed by atoms with van der Waals surface area (Å²) in [4.78, 5) is 6.90. The maximum atomic E-state index is 5.66. The molecular weight excluding hydrogens is 262 g/mol. The molecule has 0 saturated carbocycles. The Bertz CT molecular complexity index is 594. The van der Waals surface area contributed by atoms with Gasteiger partial charge in [0, 0.05) is 30.4 Å². The number of nitrogens with two attached hydrogens (primary N) is 1. The predicted octanol–water partition coefficient (Wildman–Crippen LogP) is 2.59. The molecule has 2 aromatic rings. The van der Waals surface area contributed by atoms with E-state index in [0.717, 1.165) is 30.0 Å². The molecule has 116 valence electrons. The number of aromatic nitrogens is 3. The topological polar surface area (TPSA) is 59.5 Å². The quantitative estimate of drug-likeness (QED) is 0.919. The second-order valence-corrected chi connectivity index (χ2v) is 6.79. The lowest BCUT2D eigenvalue weighted by molar-refractivity contribution is 0.562. The van der Waals surface area contributed by atoms with Crippen LogP contribution in [-0.2, 0) is 5.41 Å². The SMILES string of the molecule is CC(C)N(CCCN)c1nccn2nc(C(C)(C)C)cc12. The fraction of sp³-hybridized carbons (Fsp3) is 0.625. The molecule has 0 radical (unpaired) electrons. The van der Waals surface area contributed by atoms with Crippen LogP contribution in [0.3, 0.4) is 0 Å². The van der Waals surface area contributed by atoms with Crippen molar-refractivity contribution in [2.24, 2.45) is 5.73 Å². The van der Waals surface area contributed by atoms with Crippen molar-refractivity contribution in [3.63, 3.8) is 0 Å². The molecule has 0 aliphatic carbocycles. The van der Waals surface area contributed by atoms with Gasteiger partial charge < -0.3 is 10.6 Å². The third-order valence-corrected chi connectivity index (χ3v) is 3.64. The van der Waals surface area contributed by atoms with Gasteiger partial charge in [-0.15, -0.1) is 0 Å². The number of nitrogens with zero attached hydrogens (tertiary/aromatic N) is 4. The van der Waals surface area contributed by atoms with Gasteiger partial charge in [0.15, 0.2) is 5.82 Å². The molecule has 5 heteroatoms. The molecule has 2 rings (SSSR count). The van der Waals surface area contributed by atoms with Crippen molar-refractivity contribution < 1.29 is 0 Å². The Balaban J connectivity index is 2.49. The fourth-order valence-corrected chi connectivity index (χ4v) is 2.37. The molecule has 0 aliphatic rings. The zero-order valence-corrected chi connectivity index (χ0v) is 13.8. The van der Waals surface area contributed by atoms with E-state index >= 15 is 0 Å². The first kappa shape index (κ1) is 15.8. The van der Waals surface area contributed by atoms with E-state index in [1.54, 1.807) is 0 Å². The van der Waals surface area contributed by atoms with Gasteiger partial charge in [0.25, 0.3) is 0 Å². The van der Waals surface area contributed by atoms with Crippen LogP contribution in [0.25, 0.3) is 5.52 Å². The molecule has 5 nitrogen and oxygen atoms in total. The van der Waals surface area contributed by atoms with Crippen LogP contribution < -0.4 is 10.6 Å². The van der Waals surface area contributed by atoms with Crippen LogP contribution in [0.15, 0.2) is 18.5 Å². The molecule has 0 aliphatic heterocycles. The lowest BCUT2D eigenvalue weighted by Gasteiger charge is -2.28. The van der Waals surface area contributed by atoms with Crippen LogP contribution >= 0.6 is 0 Å². The van der Waals surface area contributed by atoms with Gasteiger partial charge in [-0.1, -0.05) is 20.8 Å². The zero-order valence-electron chi connectivity index (χ0n) is 13.8. The van der Waals surface area contributed by atoms with E-state index in [1.165, 1.54) is 0 Å². The highest BCUT2D eigenvalue weighted by atomic mass is 15.3. The first-order valence-electron chi connectivity index (χ1n) is 7.66. The highest BCUT2D eigenvalue weighted by molar-refractivity contribution is 5.69. The van der Waals surface area contributed by atoms with Crippen molar-refractivity contribution in [3.05, 3.63) is 24.2 Å². The molecule has 2 N–H and O–H groups in total. The molecule has 21 heavy (non-hydrogen) atoms. The molecule has 0 saturated heterocycles. The fourth-order valence-electron chi connectivity index (χ4n) is 2.37. The van der Waals surface area contributed by atoms with Gasteiger partial charge >= 0.3 is 0 Å². The van der Waals surface area contributed by atoms with Crippen molar-refractivity contribution >= 4 is 11.3 Å². The summed E-state index contributed by atoms with van der Waals surface area (Å²) in [5.41, 5.74) is 7.84. The van der Waals surface area contributed by atoms with E-state index < -0.39 is 0 Å². The first-order valence-corrected chi connectivity index (χ1v) is 7.66. The zero-order chi connectivity index (χ0) is 15.6. The molecule has 2 heterocycles. The molecule has 0 amide bonds. The number of fused-ring (bicyclic) bond motifs is 1. The van der Waals surface area contributed by atoms with E-state index in [1.807, 2.05) is 16.9 Å². The smallest absolute Gasteiger partial charge is 0.154 e. The monoisotopic (exact) mass is 289 g/mol. The van der Waals surface area contributed by atoms with Gasteiger partial charge in [-0.3, -0.25) is 0 Å². The molecule has 0 atom stereocenters. The lowest BCUT2D eigenvalue weighted by Crippen LogP contribution is -2.33. The normalized spacial score (nSPS) is 12.3. The maximum Gasteiger partial charge on any atom is 0.154 e. The third-order valence-electron chi connectivity index (χ3n) is 3.64. The van der Waals surface area contributed by atoms with E-state index in [0.29, 0.717) is 12.6 Å². The molecule has 0 fully saturated rings. The van der Waals surface area contributed by atoms with Crippen molar-refractivity contribution in [2.45, 2.75) is 52.5 Å². The van der Waals surface area contributed by atoms with Crippen molar-refractivity contribution in [3.8, 4) is 0 Å². The molecule has 0 unspecified atom stereocenters. The van der Waals surface area contributed by atoms with Crippen LogP contribution in [0.1, 0.15) is 46.7 Å². The Morgan fingerprint density at radius 2 is 2.05 bits per heavy atom. The van der Waals surface area contributed by atoms with Gasteiger partial charge in [0.05, 0.1) is 5.69 Å². The first-order chi connectivity index (χ1) is 9.84. The second kappa shape index (κ2) is 6.02. The van der Waals surface area contributed by atoms with Crippen LogP contribution in [0.4, 0.5) is 5.82 Å². The third kappa shape index (κ3) is 3.35. The van der Waals surface area contributed by atoms with E-state index in [2.05, 4.69) is 50.6 Å². The Morgan fingerprint density at radius 1 is 1.33 bits per heavy atom. The van der Waals surface area contributed by atoms with Gasteiger partial charge in [-0.25, -0.2) is 9.50 Å². The number of anilines is 1. The van der Waals surface area contributed by atoms with Crippen LogP contribution in [0, 0.1) is 0 Å². The summed E-state index contributed by atoms with van der Waals surface area (Å²) in [7, 11) is 0. The summed E-state index contributed by atoms with van der Waals surface area (Å²) in [5, 5.41) is 4.69. The van der Waals surface area contributed by atoms with Crippen molar-refractivity contribution in [2.75, 3.05) is 18.0 Å². The molecule has 0 aromatic carbocycles. The van der Waals surface area contributed by atoms with Crippen LogP contribution in [0.5, 0.6) is 0 Å². The van der Waals surface area contributed by atoms with E-state index in [4.69, 9.17) is 10.8 Å². The molecular formula is C16H27N5. The van der Waals surface area contributed by atoms with E-state index in [-0.39, 0.29) is 5.41 Å². The average molecular weight is 289 g/mol. The Morgan fingerprint density at radius 3 is 2.62 bits per heavy atom. The summed E-state index contributed by atoms with van der Waals surface area (Å²) >= 11 is 0. The van der Waals surface area contributed by atoms with E-state index in [9.17, 15) is 0 Å². The Hall–Kier alpha value is -1.62. The minimum Gasteiger partial charge on any atom is -0.352 e. The molecule has 2 aromatic heterocycles. The van der Waals surface area contributed by atoms with Crippen molar-refractivity contribution in [1.82, 2.24) is 14.6 Å².